The van der Waals surface area contributed by atoms with Crippen molar-refractivity contribution in [3.63, 3.8) is 0 Å². The molecule has 27 heavy (non-hydrogen) atoms. The summed E-state index contributed by atoms with van der Waals surface area (Å²) < 4.78 is 20.0. The highest BCUT2D eigenvalue weighted by molar-refractivity contribution is 6.30. The first-order valence-corrected chi connectivity index (χ1v) is 9.59. The number of ether oxygens (including phenoxy) is 1. The molecule has 0 heterocycles. The SMILES string of the molecule is CC(C)(CCCc1cc(Oc2ccccc2)ccc1F)c1ccc(Cl)cc1. The molecule has 0 radical (unpaired) electrons. The number of rotatable bonds is 7. The van der Waals surface area contributed by atoms with E-state index in [-0.39, 0.29) is 11.2 Å². The van der Waals surface area contributed by atoms with Crippen LogP contribution in [-0.4, -0.2) is 0 Å². The molecular weight excluding hydrogens is 359 g/mol. The number of halogens is 2. The van der Waals surface area contributed by atoms with E-state index < -0.39 is 0 Å². The number of benzene rings is 3. The molecule has 3 rings (SSSR count). The predicted octanol–water partition coefficient (Wildman–Crippen LogP) is 7.57. The molecule has 140 valence electrons. The Balaban J connectivity index is 1.63. The van der Waals surface area contributed by atoms with Crippen molar-refractivity contribution in [1.82, 2.24) is 0 Å². The van der Waals surface area contributed by atoms with Gasteiger partial charge in [0.1, 0.15) is 17.3 Å². The van der Waals surface area contributed by atoms with Crippen LogP contribution in [0.15, 0.2) is 72.8 Å². The van der Waals surface area contributed by atoms with Gasteiger partial charge in [-0.15, -0.1) is 0 Å². The van der Waals surface area contributed by atoms with E-state index in [0.717, 1.165) is 23.6 Å². The van der Waals surface area contributed by atoms with Crippen LogP contribution in [0.5, 0.6) is 11.5 Å². The first-order chi connectivity index (χ1) is 12.9. The summed E-state index contributed by atoms with van der Waals surface area (Å²) in [7, 11) is 0. The van der Waals surface area contributed by atoms with Gasteiger partial charge in [-0.1, -0.05) is 55.8 Å². The summed E-state index contributed by atoms with van der Waals surface area (Å²) in [5.41, 5.74) is 1.95. The topological polar surface area (TPSA) is 9.23 Å². The van der Waals surface area contributed by atoms with E-state index in [2.05, 4.69) is 26.0 Å². The zero-order valence-corrected chi connectivity index (χ0v) is 16.5. The molecule has 0 aliphatic heterocycles. The van der Waals surface area contributed by atoms with Crippen LogP contribution in [-0.2, 0) is 11.8 Å². The minimum Gasteiger partial charge on any atom is -0.457 e. The largest absolute Gasteiger partial charge is 0.457 e. The molecular formula is C24H24ClFO. The zero-order valence-electron chi connectivity index (χ0n) is 15.7. The molecule has 0 saturated heterocycles. The number of aryl methyl sites for hydroxylation is 1. The Morgan fingerprint density at radius 2 is 1.59 bits per heavy atom. The minimum absolute atomic E-state index is 0.0131. The molecule has 0 fully saturated rings. The normalized spacial score (nSPS) is 11.4. The van der Waals surface area contributed by atoms with Crippen LogP contribution < -0.4 is 4.74 Å². The monoisotopic (exact) mass is 382 g/mol. The van der Waals surface area contributed by atoms with Crippen molar-refractivity contribution >= 4 is 11.6 Å². The second-order valence-electron chi connectivity index (χ2n) is 7.41. The molecule has 0 saturated carbocycles. The third kappa shape index (κ3) is 5.33. The first kappa shape index (κ1) is 19.4. The summed E-state index contributed by atoms with van der Waals surface area (Å²) in [6.45, 7) is 4.42. The van der Waals surface area contributed by atoms with E-state index in [0.29, 0.717) is 17.7 Å². The third-order valence-corrected chi connectivity index (χ3v) is 5.12. The van der Waals surface area contributed by atoms with Gasteiger partial charge < -0.3 is 4.74 Å². The van der Waals surface area contributed by atoms with Crippen molar-refractivity contribution in [2.24, 2.45) is 0 Å². The first-order valence-electron chi connectivity index (χ1n) is 9.21. The molecule has 0 unspecified atom stereocenters. The van der Waals surface area contributed by atoms with Crippen LogP contribution >= 0.6 is 11.6 Å². The van der Waals surface area contributed by atoms with Crippen molar-refractivity contribution in [3.05, 3.63) is 94.8 Å². The molecule has 3 heteroatoms. The van der Waals surface area contributed by atoms with Crippen molar-refractivity contribution in [2.75, 3.05) is 0 Å². The Hall–Kier alpha value is -2.32. The molecule has 0 amide bonds. The second-order valence-corrected chi connectivity index (χ2v) is 7.85. The van der Waals surface area contributed by atoms with E-state index in [1.165, 1.54) is 11.6 Å². The van der Waals surface area contributed by atoms with Gasteiger partial charge in [0.2, 0.25) is 0 Å². The fourth-order valence-corrected chi connectivity index (χ4v) is 3.32. The molecule has 0 atom stereocenters. The molecule has 0 aliphatic rings. The highest BCUT2D eigenvalue weighted by Crippen LogP contribution is 2.31. The van der Waals surface area contributed by atoms with Crippen LogP contribution in [0.2, 0.25) is 5.02 Å². The van der Waals surface area contributed by atoms with Crippen LogP contribution in [0, 0.1) is 5.82 Å². The summed E-state index contributed by atoms with van der Waals surface area (Å²) in [5, 5.41) is 0.742. The van der Waals surface area contributed by atoms with Gasteiger partial charge >= 0.3 is 0 Å². The fourth-order valence-electron chi connectivity index (χ4n) is 3.20. The fraction of sp³-hybridized carbons (Fsp3) is 0.250. The highest BCUT2D eigenvalue weighted by atomic mass is 35.5. The molecule has 0 aliphatic carbocycles. The summed E-state index contributed by atoms with van der Waals surface area (Å²) in [6, 6.07) is 22.5. The molecule has 3 aromatic carbocycles. The average Bonchev–Trinajstić information content (AvgIpc) is 2.65. The lowest BCUT2D eigenvalue weighted by Crippen LogP contribution is -2.17. The van der Waals surface area contributed by atoms with Gasteiger partial charge in [0.05, 0.1) is 0 Å². The Morgan fingerprint density at radius 3 is 2.30 bits per heavy atom. The molecule has 0 bridgehead atoms. The van der Waals surface area contributed by atoms with Crippen LogP contribution in [0.25, 0.3) is 0 Å². The van der Waals surface area contributed by atoms with Gasteiger partial charge in [-0.25, -0.2) is 4.39 Å². The van der Waals surface area contributed by atoms with Crippen LogP contribution in [0.4, 0.5) is 4.39 Å². The van der Waals surface area contributed by atoms with Gasteiger partial charge in [-0.2, -0.15) is 0 Å². The van der Waals surface area contributed by atoms with E-state index in [1.807, 2.05) is 42.5 Å². The summed E-state index contributed by atoms with van der Waals surface area (Å²) in [4.78, 5) is 0. The van der Waals surface area contributed by atoms with Crippen molar-refractivity contribution in [1.29, 1.82) is 0 Å². The Kier molecular flexibility index (Phi) is 6.18. The maximum Gasteiger partial charge on any atom is 0.127 e. The molecule has 1 nitrogen and oxygen atoms in total. The smallest absolute Gasteiger partial charge is 0.127 e. The number of para-hydroxylation sites is 1. The van der Waals surface area contributed by atoms with Gasteiger partial charge in [0, 0.05) is 5.02 Å². The maximum atomic E-state index is 14.2. The van der Waals surface area contributed by atoms with Gasteiger partial charge in [-0.3, -0.25) is 0 Å². The van der Waals surface area contributed by atoms with E-state index in [1.54, 1.807) is 12.1 Å². The molecule has 0 spiro atoms. The quantitative estimate of drug-likeness (QED) is 0.409. The van der Waals surface area contributed by atoms with E-state index in [4.69, 9.17) is 16.3 Å². The van der Waals surface area contributed by atoms with Gasteiger partial charge in [-0.05, 0) is 78.3 Å². The average molecular weight is 383 g/mol. The second kappa shape index (κ2) is 8.58. The lowest BCUT2D eigenvalue weighted by atomic mass is 9.80. The van der Waals surface area contributed by atoms with Gasteiger partial charge in [0.15, 0.2) is 0 Å². The number of hydrogen-bond acceptors (Lipinski definition) is 1. The van der Waals surface area contributed by atoms with Crippen molar-refractivity contribution in [3.8, 4) is 11.5 Å². The predicted molar refractivity (Wildman–Crippen MR) is 110 cm³/mol. The minimum atomic E-state index is -0.181. The van der Waals surface area contributed by atoms with Crippen LogP contribution in [0.3, 0.4) is 0 Å². The molecule has 0 N–H and O–H groups in total. The Bertz CT molecular complexity index is 873. The Labute approximate surface area is 165 Å². The lowest BCUT2D eigenvalue weighted by molar-refractivity contribution is 0.455. The summed E-state index contributed by atoms with van der Waals surface area (Å²) >= 11 is 5.98. The van der Waals surface area contributed by atoms with Crippen LogP contribution in [0.1, 0.15) is 37.8 Å². The number of hydrogen-bond donors (Lipinski definition) is 0. The zero-order chi connectivity index (χ0) is 19.3. The van der Waals surface area contributed by atoms with Crippen molar-refractivity contribution in [2.45, 2.75) is 38.5 Å². The van der Waals surface area contributed by atoms with E-state index in [9.17, 15) is 4.39 Å². The Morgan fingerprint density at radius 1 is 0.889 bits per heavy atom. The highest BCUT2D eigenvalue weighted by Gasteiger charge is 2.20. The van der Waals surface area contributed by atoms with E-state index >= 15 is 0 Å². The van der Waals surface area contributed by atoms with Gasteiger partial charge in [0.25, 0.3) is 0 Å². The molecule has 3 aromatic rings. The standard InChI is InChI=1S/C24H24ClFO/c1-24(2,19-10-12-20(25)13-11-19)16-6-7-18-17-22(14-15-23(18)26)27-21-8-4-3-5-9-21/h3-5,8-15,17H,6-7,16H2,1-2H3. The molecule has 0 aromatic heterocycles. The third-order valence-electron chi connectivity index (χ3n) is 4.87. The summed E-state index contributed by atoms with van der Waals surface area (Å²) in [5.74, 6) is 1.23. The lowest BCUT2D eigenvalue weighted by Gasteiger charge is -2.25. The maximum absolute atomic E-state index is 14.2. The van der Waals surface area contributed by atoms with Crippen molar-refractivity contribution < 1.29 is 9.13 Å². The summed E-state index contributed by atoms with van der Waals surface area (Å²) in [6.07, 6.45) is 2.52.